The molecule has 72 valence electrons. The molecule has 1 amide bonds. The number of rotatable bonds is 2. The summed E-state index contributed by atoms with van der Waals surface area (Å²) < 4.78 is 0. The highest BCUT2D eigenvalue weighted by Gasteiger charge is 2.09. The van der Waals surface area contributed by atoms with Gasteiger partial charge in [-0.25, -0.2) is 5.48 Å². The summed E-state index contributed by atoms with van der Waals surface area (Å²) in [6.07, 6.45) is 0. The number of thiophene rings is 2. The lowest BCUT2D eigenvalue weighted by Gasteiger charge is -1.91. The second-order valence-electron chi connectivity index (χ2n) is 2.58. The molecule has 0 saturated carbocycles. The molecule has 14 heavy (non-hydrogen) atoms. The lowest BCUT2D eigenvalue weighted by molar-refractivity contribution is 0.0711. The molecule has 0 unspecified atom stereocenters. The molecule has 0 atom stereocenters. The van der Waals surface area contributed by atoms with Crippen molar-refractivity contribution in [1.82, 2.24) is 5.48 Å². The molecule has 0 aromatic carbocycles. The zero-order valence-corrected chi connectivity index (χ0v) is 8.69. The monoisotopic (exact) mass is 225 g/mol. The van der Waals surface area contributed by atoms with Crippen molar-refractivity contribution in [2.75, 3.05) is 0 Å². The standard InChI is InChI=1S/C9H7NO2S2/c11-9(10-12)8-4-3-7(14-8)6-2-1-5-13-6/h1-5,12H,(H,10,11). The quantitative estimate of drug-likeness (QED) is 0.609. The van der Waals surface area contributed by atoms with E-state index in [1.54, 1.807) is 22.9 Å². The lowest BCUT2D eigenvalue weighted by atomic mass is 10.3. The van der Waals surface area contributed by atoms with E-state index in [2.05, 4.69) is 0 Å². The molecule has 2 aromatic heterocycles. The van der Waals surface area contributed by atoms with E-state index in [4.69, 9.17) is 5.21 Å². The van der Waals surface area contributed by atoms with Gasteiger partial charge in [-0.2, -0.15) is 0 Å². The van der Waals surface area contributed by atoms with Gasteiger partial charge in [-0.15, -0.1) is 22.7 Å². The van der Waals surface area contributed by atoms with Crippen molar-refractivity contribution in [2.24, 2.45) is 0 Å². The van der Waals surface area contributed by atoms with Gasteiger partial charge in [-0.1, -0.05) is 6.07 Å². The number of hydrogen-bond acceptors (Lipinski definition) is 4. The normalized spacial score (nSPS) is 10.1. The molecular weight excluding hydrogens is 218 g/mol. The third-order valence-electron chi connectivity index (χ3n) is 1.70. The van der Waals surface area contributed by atoms with Crippen molar-refractivity contribution in [3.63, 3.8) is 0 Å². The van der Waals surface area contributed by atoms with Gasteiger partial charge in [0.15, 0.2) is 0 Å². The van der Waals surface area contributed by atoms with Gasteiger partial charge in [-0.05, 0) is 23.6 Å². The Bertz CT molecular complexity index is 433. The van der Waals surface area contributed by atoms with Crippen LogP contribution in [0, 0.1) is 0 Å². The predicted octanol–water partition coefficient (Wildman–Crippen LogP) is 2.60. The highest BCUT2D eigenvalue weighted by atomic mass is 32.1. The predicted molar refractivity (Wildman–Crippen MR) is 56.9 cm³/mol. The molecule has 0 bridgehead atoms. The summed E-state index contributed by atoms with van der Waals surface area (Å²) in [7, 11) is 0. The molecule has 0 radical (unpaired) electrons. The summed E-state index contributed by atoms with van der Waals surface area (Å²) in [4.78, 5) is 13.7. The van der Waals surface area contributed by atoms with Crippen LogP contribution in [0.15, 0.2) is 29.6 Å². The van der Waals surface area contributed by atoms with Crippen LogP contribution in [0.4, 0.5) is 0 Å². The Hall–Kier alpha value is -1.17. The van der Waals surface area contributed by atoms with Crippen LogP contribution in [0.2, 0.25) is 0 Å². The number of amides is 1. The molecule has 2 aromatic rings. The minimum atomic E-state index is -0.460. The summed E-state index contributed by atoms with van der Waals surface area (Å²) in [5.74, 6) is -0.460. The van der Waals surface area contributed by atoms with Gasteiger partial charge < -0.3 is 0 Å². The van der Waals surface area contributed by atoms with E-state index < -0.39 is 5.91 Å². The summed E-state index contributed by atoms with van der Waals surface area (Å²) >= 11 is 2.99. The Morgan fingerprint density at radius 2 is 2.14 bits per heavy atom. The fourth-order valence-electron chi connectivity index (χ4n) is 1.07. The number of hydroxylamine groups is 1. The molecule has 2 rings (SSSR count). The number of nitrogens with one attached hydrogen (secondary N) is 1. The summed E-state index contributed by atoms with van der Waals surface area (Å²) in [6.45, 7) is 0. The topological polar surface area (TPSA) is 49.3 Å². The van der Waals surface area contributed by atoms with Crippen molar-refractivity contribution in [2.45, 2.75) is 0 Å². The molecule has 2 heterocycles. The average Bonchev–Trinajstić information content (AvgIpc) is 2.86. The second-order valence-corrected chi connectivity index (χ2v) is 4.61. The van der Waals surface area contributed by atoms with E-state index in [9.17, 15) is 4.79 Å². The van der Waals surface area contributed by atoms with Crippen LogP contribution in [-0.4, -0.2) is 11.1 Å². The Labute approximate surface area is 88.6 Å². The first-order valence-corrected chi connectivity index (χ1v) is 5.59. The van der Waals surface area contributed by atoms with Gasteiger partial charge in [0.2, 0.25) is 0 Å². The largest absolute Gasteiger partial charge is 0.288 e. The Morgan fingerprint density at radius 3 is 2.79 bits per heavy atom. The van der Waals surface area contributed by atoms with Gasteiger partial charge in [0.05, 0.1) is 4.88 Å². The van der Waals surface area contributed by atoms with E-state index in [-0.39, 0.29) is 0 Å². The Morgan fingerprint density at radius 1 is 1.29 bits per heavy atom. The minimum Gasteiger partial charge on any atom is -0.288 e. The Balaban J connectivity index is 2.31. The van der Waals surface area contributed by atoms with Crippen molar-refractivity contribution >= 4 is 28.6 Å². The van der Waals surface area contributed by atoms with E-state index in [0.717, 1.165) is 9.75 Å². The summed E-state index contributed by atoms with van der Waals surface area (Å²) in [5.41, 5.74) is 1.61. The molecule has 0 aliphatic carbocycles. The maximum Gasteiger partial charge on any atom is 0.284 e. The van der Waals surface area contributed by atoms with Crippen LogP contribution < -0.4 is 5.48 Å². The molecule has 0 fully saturated rings. The first kappa shape index (κ1) is 9.39. The van der Waals surface area contributed by atoms with E-state index >= 15 is 0 Å². The van der Waals surface area contributed by atoms with Crippen molar-refractivity contribution in [3.05, 3.63) is 34.5 Å². The molecule has 0 spiro atoms. The SMILES string of the molecule is O=C(NO)c1ccc(-c2cccs2)s1. The van der Waals surface area contributed by atoms with Crippen LogP contribution in [-0.2, 0) is 0 Å². The van der Waals surface area contributed by atoms with Gasteiger partial charge >= 0.3 is 0 Å². The highest BCUT2D eigenvalue weighted by Crippen LogP contribution is 2.31. The van der Waals surface area contributed by atoms with Crippen molar-refractivity contribution in [3.8, 4) is 9.75 Å². The number of carbonyl (C=O) groups excluding carboxylic acids is 1. The highest BCUT2D eigenvalue weighted by molar-refractivity contribution is 7.22. The molecule has 5 heteroatoms. The third kappa shape index (κ3) is 1.70. The van der Waals surface area contributed by atoms with Gasteiger partial charge in [0.1, 0.15) is 0 Å². The van der Waals surface area contributed by atoms with Crippen LogP contribution in [0.25, 0.3) is 9.75 Å². The second kappa shape index (κ2) is 3.91. The number of hydrogen-bond donors (Lipinski definition) is 2. The zero-order valence-electron chi connectivity index (χ0n) is 7.06. The first-order valence-electron chi connectivity index (χ1n) is 3.89. The van der Waals surface area contributed by atoms with E-state index in [1.165, 1.54) is 11.3 Å². The number of carbonyl (C=O) groups is 1. The fraction of sp³-hybridized carbons (Fsp3) is 0. The van der Waals surface area contributed by atoms with E-state index in [0.29, 0.717) is 4.88 Å². The minimum absolute atomic E-state index is 0.460. The molecule has 2 N–H and O–H groups in total. The molecule has 0 saturated heterocycles. The summed E-state index contributed by atoms with van der Waals surface area (Å²) in [6, 6.07) is 7.54. The lowest BCUT2D eigenvalue weighted by Crippen LogP contribution is -2.16. The summed E-state index contributed by atoms with van der Waals surface area (Å²) in [5, 5.41) is 10.4. The zero-order chi connectivity index (χ0) is 9.97. The van der Waals surface area contributed by atoms with Crippen molar-refractivity contribution < 1.29 is 10.0 Å². The van der Waals surface area contributed by atoms with Crippen LogP contribution in [0.3, 0.4) is 0 Å². The van der Waals surface area contributed by atoms with Gasteiger partial charge in [-0.3, -0.25) is 10.0 Å². The Kier molecular flexibility index (Phi) is 2.62. The van der Waals surface area contributed by atoms with Crippen LogP contribution in [0.5, 0.6) is 0 Å². The average molecular weight is 225 g/mol. The smallest absolute Gasteiger partial charge is 0.284 e. The van der Waals surface area contributed by atoms with Gasteiger partial charge in [0.25, 0.3) is 5.91 Å². The fourth-order valence-corrected chi connectivity index (χ4v) is 2.80. The van der Waals surface area contributed by atoms with Gasteiger partial charge in [0, 0.05) is 9.75 Å². The first-order chi connectivity index (χ1) is 6.81. The third-order valence-corrected chi connectivity index (χ3v) is 3.85. The van der Waals surface area contributed by atoms with Crippen LogP contribution in [0.1, 0.15) is 9.67 Å². The molecule has 0 aliphatic rings. The molecular formula is C9H7NO2S2. The van der Waals surface area contributed by atoms with E-state index in [1.807, 2.05) is 23.6 Å². The maximum absolute atomic E-state index is 11.0. The molecule has 0 aliphatic heterocycles. The van der Waals surface area contributed by atoms with Crippen molar-refractivity contribution in [1.29, 1.82) is 0 Å². The van der Waals surface area contributed by atoms with Crippen LogP contribution >= 0.6 is 22.7 Å². The maximum atomic E-state index is 11.0. The molecule has 3 nitrogen and oxygen atoms in total.